The van der Waals surface area contributed by atoms with Crippen LogP contribution in [0.15, 0.2) is 23.2 Å². The summed E-state index contributed by atoms with van der Waals surface area (Å²) in [5, 5.41) is 3.10. The Morgan fingerprint density at radius 2 is 2.08 bits per heavy atom. The summed E-state index contributed by atoms with van der Waals surface area (Å²) in [6, 6.07) is 6.32. The van der Waals surface area contributed by atoms with Crippen LogP contribution in [0.1, 0.15) is 44.2 Å². The maximum absolute atomic E-state index is 5.92. The molecule has 5 nitrogen and oxygen atoms in total. The molecular weight excluding hydrogens is 417 g/mol. The zero-order valence-electron chi connectivity index (χ0n) is 15.3. The van der Waals surface area contributed by atoms with E-state index in [9.17, 15) is 0 Å². The molecule has 1 rings (SSSR count). The van der Waals surface area contributed by atoms with Crippen molar-refractivity contribution in [3.63, 3.8) is 0 Å². The molecule has 0 bridgehead atoms. The standard InChI is InChI=1S/C18H31N3O2.HI/c1-5-6-7-10-23-17-11-14(2)8-9-16(17)12-20-18(19)21-15(3)13-22-4;/h8-9,11,15H,5-7,10,12-13H2,1-4H3,(H3,19,20,21);1H. The van der Waals surface area contributed by atoms with Crippen molar-refractivity contribution in [1.29, 1.82) is 0 Å². The van der Waals surface area contributed by atoms with Crippen LogP contribution in [-0.4, -0.2) is 32.3 Å². The van der Waals surface area contributed by atoms with Crippen LogP contribution in [0.4, 0.5) is 0 Å². The fourth-order valence-corrected chi connectivity index (χ4v) is 2.22. The minimum Gasteiger partial charge on any atom is -0.493 e. The lowest BCUT2D eigenvalue weighted by Gasteiger charge is -2.14. The molecule has 1 unspecified atom stereocenters. The van der Waals surface area contributed by atoms with Crippen LogP contribution in [0, 0.1) is 6.92 Å². The van der Waals surface area contributed by atoms with Gasteiger partial charge in [-0.15, -0.1) is 24.0 Å². The third-order valence-corrected chi connectivity index (χ3v) is 3.46. The average molecular weight is 449 g/mol. The zero-order valence-corrected chi connectivity index (χ0v) is 17.6. The quantitative estimate of drug-likeness (QED) is 0.248. The maximum atomic E-state index is 5.92. The zero-order chi connectivity index (χ0) is 17.1. The highest BCUT2D eigenvalue weighted by Crippen LogP contribution is 2.21. The summed E-state index contributed by atoms with van der Waals surface area (Å²) in [6.07, 6.45) is 3.45. The van der Waals surface area contributed by atoms with E-state index in [1.54, 1.807) is 7.11 Å². The van der Waals surface area contributed by atoms with E-state index in [2.05, 4.69) is 42.4 Å². The molecule has 0 saturated heterocycles. The van der Waals surface area contributed by atoms with E-state index in [4.69, 9.17) is 15.2 Å². The van der Waals surface area contributed by atoms with Gasteiger partial charge >= 0.3 is 0 Å². The number of aliphatic imine (C=N–C) groups is 1. The van der Waals surface area contributed by atoms with E-state index >= 15 is 0 Å². The molecule has 1 aromatic rings. The summed E-state index contributed by atoms with van der Waals surface area (Å²) in [4.78, 5) is 4.40. The maximum Gasteiger partial charge on any atom is 0.189 e. The molecule has 1 aromatic carbocycles. The number of hydrogen-bond acceptors (Lipinski definition) is 3. The normalized spacial score (nSPS) is 12.4. The van der Waals surface area contributed by atoms with Gasteiger partial charge < -0.3 is 20.5 Å². The lowest BCUT2D eigenvalue weighted by Crippen LogP contribution is -2.40. The number of unbranched alkanes of at least 4 members (excludes halogenated alkanes) is 2. The number of hydrogen-bond donors (Lipinski definition) is 2. The first-order valence-electron chi connectivity index (χ1n) is 8.34. The first-order valence-corrected chi connectivity index (χ1v) is 8.34. The van der Waals surface area contributed by atoms with Crippen LogP contribution in [-0.2, 0) is 11.3 Å². The van der Waals surface area contributed by atoms with Gasteiger partial charge in [0.1, 0.15) is 5.75 Å². The summed E-state index contributed by atoms with van der Waals surface area (Å²) in [5.41, 5.74) is 8.15. The van der Waals surface area contributed by atoms with Gasteiger partial charge in [-0.1, -0.05) is 31.9 Å². The second-order valence-corrected chi connectivity index (χ2v) is 5.87. The minimum atomic E-state index is 0. The molecular formula is C18H32IN3O2. The van der Waals surface area contributed by atoms with Gasteiger partial charge in [-0.05, 0) is 31.9 Å². The van der Waals surface area contributed by atoms with Gasteiger partial charge in [0.15, 0.2) is 5.96 Å². The number of ether oxygens (including phenoxy) is 2. The molecule has 0 heterocycles. The van der Waals surface area contributed by atoms with Gasteiger partial charge in [0, 0.05) is 18.7 Å². The van der Waals surface area contributed by atoms with Crippen LogP contribution >= 0.6 is 24.0 Å². The highest BCUT2D eigenvalue weighted by atomic mass is 127. The molecule has 0 aliphatic rings. The van der Waals surface area contributed by atoms with E-state index in [0.717, 1.165) is 24.3 Å². The lowest BCUT2D eigenvalue weighted by molar-refractivity contribution is 0.179. The van der Waals surface area contributed by atoms with Crippen molar-refractivity contribution < 1.29 is 9.47 Å². The predicted octanol–water partition coefficient (Wildman–Crippen LogP) is 3.62. The molecule has 0 aromatic heterocycles. The molecule has 0 aliphatic carbocycles. The fourth-order valence-electron chi connectivity index (χ4n) is 2.22. The molecule has 1 atom stereocenters. The molecule has 6 heteroatoms. The first-order chi connectivity index (χ1) is 11.1. The van der Waals surface area contributed by atoms with E-state index in [0.29, 0.717) is 19.1 Å². The lowest BCUT2D eigenvalue weighted by atomic mass is 10.1. The van der Waals surface area contributed by atoms with Gasteiger partial charge in [-0.25, -0.2) is 4.99 Å². The van der Waals surface area contributed by atoms with Gasteiger partial charge in [0.25, 0.3) is 0 Å². The molecule has 0 saturated carbocycles. The van der Waals surface area contributed by atoms with Gasteiger partial charge in [0.2, 0.25) is 0 Å². The van der Waals surface area contributed by atoms with Crippen molar-refractivity contribution in [1.82, 2.24) is 5.32 Å². The minimum absolute atomic E-state index is 0. The molecule has 0 aliphatic heterocycles. The number of nitrogens with two attached hydrogens (primary N) is 1. The Morgan fingerprint density at radius 3 is 2.75 bits per heavy atom. The number of rotatable bonds is 10. The topological polar surface area (TPSA) is 68.9 Å². The monoisotopic (exact) mass is 449 g/mol. The van der Waals surface area contributed by atoms with Gasteiger partial charge in [-0.3, -0.25) is 0 Å². The van der Waals surface area contributed by atoms with Crippen molar-refractivity contribution in [2.24, 2.45) is 10.7 Å². The number of aryl methyl sites for hydroxylation is 1. The summed E-state index contributed by atoms with van der Waals surface area (Å²) >= 11 is 0. The molecule has 0 radical (unpaired) electrons. The summed E-state index contributed by atoms with van der Waals surface area (Å²) in [7, 11) is 1.67. The second kappa shape index (κ2) is 13.3. The Bertz CT molecular complexity index is 495. The number of halogens is 1. The SMILES string of the molecule is CCCCCOc1cc(C)ccc1CN=C(N)NC(C)COC.I. The van der Waals surface area contributed by atoms with E-state index in [1.165, 1.54) is 18.4 Å². The molecule has 0 fully saturated rings. The van der Waals surface area contributed by atoms with Crippen LogP contribution < -0.4 is 15.8 Å². The predicted molar refractivity (Wildman–Crippen MR) is 111 cm³/mol. The highest BCUT2D eigenvalue weighted by Gasteiger charge is 2.06. The van der Waals surface area contributed by atoms with Gasteiger partial charge in [-0.2, -0.15) is 0 Å². The number of benzene rings is 1. The Kier molecular flexibility index (Phi) is 12.7. The Balaban J connectivity index is 0.00000529. The number of methoxy groups -OCH3 is 1. The van der Waals surface area contributed by atoms with Crippen molar-refractivity contribution in [2.75, 3.05) is 20.3 Å². The average Bonchev–Trinajstić information content (AvgIpc) is 2.51. The summed E-state index contributed by atoms with van der Waals surface area (Å²) < 4.78 is 11.0. The number of guanidine groups is 1. The third kappa shape index (κ3) is 9.32. The van der Waals surface area contributed by atoms with Crippen LogP contribution in [0.3, 0.4) is 0 Å². The molecule has 3 N–H and O–H groups in total. The van der Waals surface area contributed by atoms with E-state index in [1.807, 2.05) is 6.92 Å². The van der Waals surface area contributed by atoms with Gasteiger partial charge in [0.05, 0.1) is 19.8 Å². The van der Waals surface area contributed by atoms with Crippen LogP contribution in [0.2, 0.25) is 0 Å². The fraction of sp³-hybridized carbons (Fsp3) is 0.611. The Morgan fingerprint density at radius 1 is 1.33 bits per heavy atom. The van der Waals surface area contributed by atoms with Crippen LogP contribution in [0.5, 0.6) is 5.75 Å². The molecule has 0 spiro atoms. The third-order valence-electron chi connectivity index (χ3n) is 3.46. The largest absolute Gasteiger partial charge is 0.493 e. The molecule has 0 amide bonds. The Hall–Kier alpha value is -1.02. The smallest absolute Gasteiger partial charge is 0.189 e. The highest BCUT2D eigenvalue weighted by molar-refractivity contribution is 14.0. The first kappa shape index (κ1) is 23.0. The molecule has 138 valence electrons. The Labute approximate surface area is 163 Å². The van der Waals surface area contributed by atoms with Crippen molar-refractivity contribution in [3.8, 4) is 5.75 Å². The molecule has 24 heavy (non-hydrogen) atoms. The van der Waals surface area contributed by atoms with E-state index in [-0.39, 0.29) is 30.0 Å². The second-order valence-electron chi connectivity index (χ2n) is 5.87. The number of nitrogens with one attached hydrogen (secondary N) is 1. The summed E-state index contributed by atoms with van der Waals surface area (Å²) in [6.45, 7) is 8.09. The van der Waals surface area contributed by atoms with E-state index < -0.39 is 0 Å². The van der Waals surface area contributed by atoms with Crippen molar-refractivity contribution in [3.05, 3.63) is 29.3 Å². The number of nitrogens with zero attached hydrogens (tertiary/aromatic N) is 1. The van der Waals surface area contributed by atoms with Crippen molar-refractivity contribution in [2.45, 2.75) is 52.6 Å². The van der Waals surface area contributed by atoms with Crippen molar-refractivity contribution >= 4 is 29.9 Å². The summed E-state index contributed by atoms with van der Waals surface area (Å²) in [5.74, 6) is 1.33. The van der Waals surface area contributed by atoms with Crippen LogP contribution in [0.25, 0.3) is 0 Å².